The van der Waals surface area contributed by atoms with Gasteiger partial charge in [-0.2, -0.15) is 0 Å². The van der Waals surface area contributed by atoms with E-state index in [0.717, 1.165) is 0 Å². The third-order valence-corrected chi connectivity index (χ3v) is 5.36. The number of benzene rings is 2. The lowest BCUT2D eigenvalue weighted by Gasteiger charge is -2.59. The fourth-order valence-electron chi connectivity index (χ4n) is 3.76. The number of rotatable bonds is 1. The van der Waals surface area contributed by atoms with Crippen molar-refractivity contribution in [3.05, 3.63) is 65.7 Å². The van der Waals surface area contributed by atoms with Gasteiger partial charge in [-0.05, 0) is 11.6 Å². The summed E-state index contributed by atoms with van der Waals surface area (Å²) in [6.07, 6.45) is 0. The zero-order valence-corrected chi connectivity index (χ0v) is 13.7. The molecule has 122 valence electrons. The first-order valence-corrected chi connectivity index (χ1v) is 7.95. The van der Waals surface area contributed by atoms with Crippen molar-refractivity contribution < 1.29 is 14.7 Å². The average Bonchev–Trinajstić information content (AvgIpc) is 2.69. The predicted molar refractivity (Wildman–Crippen MR) is 89.6 cm³/mol. The van der Waals surface area contributed by atoms with E-state index in [1.165, 1.54) is 9.80 Å². The van der Waals surface area contributed by atoms with Gasteiger partial charge >= 0.3 is 0 Å². The summed E-state index contributed by atoms with van der Waals surface area (Å²) in [6, 6.07) is 16.3. The molecule has 4 rings (SSSR count). The van der Waals surface area contributed by atoms with Crippen molar-refractivity contribution >= 4 is 29.1 Å². The van der Waals surface area contributed by atoms with E-state index in [0.29, 0.717) is 16.8 Å². The normalized spacial score (nSPS) is 28.8. The molecule has 1 N–H and O–H groups in total. The molecule has 0 bridgehead atoms. The maximum absolute atomic E-state index is 12.5. The van der Waals surface area contributed by atoms with Gasteiger partial charge < -0.3 is 14.9 Å². The Labute approximate surface area is 144 Å². The van der Waals surface area contributed by atoms with Gasteiger partial charge in [-0.15, -0.1) is 0 Å². The fourth-order valence-corrected chi connectivity index (χ4v) is 4.17. The Hall–Kier alpha value is -2.37. The summed E-state index contributed by atoms with van der Waals surface area (Å²) < 4.78 is 0. The van der Waals surface area contributed by atoms with Crippen molar-refractivity contribution in [2.24, 2.45) is 0 Å². The average molecular weight is 343 g/mol. The van der Waals surface area contributed by atoms with Crippen LogP contribution >= 0.6 is 11.6 Å². The lowest BCUT2D eigenvalue weighted by Crippen LogP contribution is -2.78. The Kier molecular flexibility index (Phi) is 3.04. The van der Waals surface area contributed by atoms with E-state index in [-0.39, 0.29) is 12.5 Å². The van der Waals surface area contributed by atoms with Gasteiger partial charge in [0.15, 0.2) is 0 Å². The van der Waals surface area contributed by atoms with Crippen molar-refractivity contribution in [3.8, 4) is 0 Å². The number of hydrogen-bond acceptors (Lipinski definition) is 3. The maximum atomic E-state index is 12.5. The van der Waals surface area contributed by atoms with Crippen LogP contribution in [0.4, 0.5) is 5.69 Å². The molecule has 0 radical (unpaired) electrons. The second-order valence-corrected chi connectivity index (χ2v) is 6.61. The highest BCUT2D eigenvalue weighted by Gasteiger charge is 2.73. The van der Waals surface area contributed by atoms with Gasteiger partial charge in [0, 0.05) is 18.3 Å². The van der Waals surface area contributed by atoms with Crippen molar-refractivity contribution in [2.75, 3.05) is 18.5 Å². The number of carbonyl (C=O) groups is 2. The molecule has 2 aromatic rings. The number of anilines is 1. The molecule has 5 nitrogen and oxygen atoms in total. The second-order valence-electron chi connectivity index (χ2n) is 6.06. The highest BCUT2D eigenvalue weighted by Crippen LogP contribution is 2.58. The summed E-state index contributed by atoms with van der Waals surface area (Å²) in [4.78, 5) is 27.8. The summed E-state index contributed by atoms with van der Waals surface area (Å²) in [6.45, 7) is -0.145. The maximum Gasteiger partial charge on any atom is 0.275 e. The SMILES string of the molecule is CN1C(=O)CN2C(=O)C(O)(Cl)C2(c2ccccc2)c2ccccc21. The van der Waals surface area contributed by atoms with Crippen LogP contribution in [0, 0.1) is 0 Å². The molecule has 1 saturated heterocycles. The number of halogens is 1. The zero-order valence-electron chi connectivity index (χ0n) is 12.9. The van der Waals surface area contributed by atoms with Gasteiger partial charge in [-0.3, -0.25) is 9.59 Å². The molecule has 0 saturated carbocycles. The molecule has 2 amide bonds. The van der Waals surface area contributed by atoms with Gasteiger partial charge in [0.05, 0.1) is 0 Å². The number of likely N-dealkylation sites (N-methyl/N-ethyl adjacent to an activating group) is 1. The number of fused-ring (bicyclic) bond motifs is 3. The number of carbonyl (C=O) groups excluding carboxylic acids is 2. The van der Waals surface area contributed by atoms with E-state index >= 15 is 0 Å². The molecule has 24 heavy (non-hydrogen) atoms. The van der Waals surface area contributed by atoms with Crippen molar-refractivity contribution in [2.45, 2.75) is 10.6 Å². The lowest BCUT2D eigenvalue weighted by atomic mass is 9.69. The Morgan fingerprint density at radius 2 is 1.67 bits per heavy atom. The number of β-lactam (4-membered cyclic amide) rings is 1. The number of hydrogen-bond donors (Lipinski definition) is 1. The highest BCUT2D eigenvalue weighted by atomic mass is 35.5. The van der Waals surface area contributed by atoms with E-state index in [1.54, 1.807) is 37.4 Å². The van der Waals surface area contributed by atoms with E-state index in [2.05, 4.69) is 0 Å². The fraction of sp³-hybridized carbons (Fsp3) is 0.222. The van der Waals surface area contributed by atoms with Crippen LogP contribution < -0.4 is 4.90 Å². The molecule has 2 atom stereocenters. The van der Waals surface area contributed by atoms with Gasteiger partial charge in [0.1, 0.15) is 12.1 Å². The summed E-state index contributed by atoms with van der Waals surface area (Å²) in [5, 5.41) is 8.73. The van der Waals surface area contributed by atoms with Crippen LogP contribution in [0.25, 0.3) is 0 Å². The van der Waals surface area contributed by atoms with Gasteiger partial charge in [0.25, 0.3) is 11.0 Å². The minimum Gasteiger partial charge on any atom is -0.365 e. The largest absolute Gasteiger partial charge is 0.365 e. The van der Waals surface area contributed by atoms with E-state index in [9.17, 15) is 14.7 Å². The van der Waals surface area contributed by atoms with E-state index in [1.807, 2.05) is 24.3 Å². The molecule has 2 aromatic carbocycles. The topological polar surface area (TPSA) is 60.9 Å². The zero-order chi connectivity index (χ0) is 17.1. The smallest absolute Gasteiger partial charge is 0.275 e. The molecule has 0 aliphatic carbocycles. The first-order chi connectivity index (χ1) is 11.4. The van der Waals surface area contributed by atoms with Crippen LogP contribution in [0.5, 0.6) is 0 Å². The third kappa shape index (κ3) is 1.58. The van der Waals surface area contributed by atoms with Gasteiger partial charge in [0.2, 0.25) is 5.91 Å². The van der Waals surface area contributed by atoms with Crippen LogP contribution in [0.3, 0.4) is 0 Å². The number of para-hydroxylation sites is 1. The first kappa shape index (κ1) is 15.2. The van der Waals surface area contributed by atoms with Crippen molar-refractivity contribution in [1.82, 2.24) is 4.90 Å². The molecule has 2 aliphatic rings. The summed E-state index contributed by atoms with van der Waals surface area (Å²) in [5.74, 6) is -0.896. The molecule has 2 aliphatic heterocycles. The standard InChI is InChI=1S/C18H15ClN2O3/c1-20-14-10-6-5-9-13(14)17(12-7-3-2-4-8-12)18(19,24)16(23)21(17)11-15(20)22/h2-10,24H,11H2,1H3. The molecule has 6 heteroatoms. The Morgan fingerprint density at radius 1 is 1.04 bits per heavy atom. The minimum absolute atomic E-state index is 0.145. The molecular formula is C18H15ClN2O3. The number of aliphatic hydroxyl groups is 1. The van der Waals surface area contributed by atoms with Gasteiger partial charge in [-0.25, -0.2) is 0 Å². The second kappa shape index (κ2) is 4.82. The van der Waals surface area contributed by atoms with Crippen LogP contribution in [0.2, 0.25) is 0 Å². The van der Waals surface area contributed by atoms with Crippen LogP contribution in [-0.4, -0.2) is 40.5 Å². The molecule has 2 heterocycles. The minimum atomic E-state index is -2.14. The number of nitrogens with zero attached hydrogens (tertiary/aromatic N) is 2. The molecular weight excluding hydrogens is 328 g/mol. The summed E-state index contributed by atoms with van der Waals surface area (Å²) in [5.41, 5.74) is 0.615. The van der Waals surface area contributed by atoms with Crippen LogP contribution in [-0.2, 0) is 15.1 Å². The highest BCUT2D eigenvalue weighted by molar-refractivity contribution is 6.38. The predicted octanol–water partition coefficient (Wildman–Crippen LogP) is 1.68. The quantitative estimate of drug-likeness (QED) is 0.633. The first-order valence-electron chi connectivity index (χ1n) is 7.57. The van der Waals surface area contributed by atoms with E-state index < -0.39 is 16.5 Å². The van der Waals surface area contributed by atoms with E-state index in [4.69, 9.17) is 11.6 Å². The summed E-state index contributed by atoms with van der Waals surface area (Å²) >= 11 is 6.35. The van der Waals surface area contributed by atoms with Crippen LogP contribution in [0.15, 0.2) is 54.6 Å². The Morgan fingerprint density at radius 3 is 2.38 bits per heavy atom. The van der Waals surface area contributed by atoms with Crippen LogP contribution in [0.1, 0.15) is 11.1 Å². The summed E-state index contributed by atoms with van der Waals surface area (Å²) in [7, 11) is 1.66. The van der Waals surface area contributed by atoms with Crippen molar-refractivity contribution in [3.63, 3.8) is 0 Å². The number of amides is 2. The third-order valence-electron chi connectivity index (χ3n) is 4.93. The number of alkyl halides is 1. The monoisotopic (exact) mass is 342 g/mol. The van der Waals surface area contributed by atoms with Crippen molar-refractivity contribution in [1.29, 1.82) is 0 Å². The van der Waals surface area contributed by atoms with Gasteiger partial charge in [-0.1, -0.05) is 60.1 Å². The Balaban J connectivity index is 2.10. The molecule has 0 spiro atoms. The molecule has 0 aromatic heterocycles. The Bertz CT molecular complexity index is 852. The lowest BCUT2D eigenvalue weighted by molar-refractivity contribution is -0.191. The molecule has 1 fully saturated rings. The molecule has 2 unspecified atom stereocenters.